The maximum absolute atomic E-state index is 8.95. The zero-order chi connectivity index (χ0) is 13.5. The third-order valence-electron chi connectivity index (χ3n) is 3.84. The van der Waals surface area contributed by atoms with Crippen molar-refractivity contribution >= 4 is 32.3 Å². The highest BCUT2D eigenvalue weighted by Crippen LogP contribution is 2.38. The Morgan fingerprint density at radius 3 is 2.15 bits per heavy atom. The largest absolute Gasteiger partial charge is 0.491 e. The lowest BCUT2D eigenvalue weighted by atomic mass is 9.94. The first kappa shape index (κ1) is 11.5. The Morgan fingerprint density at radius 1 is 0.750 bits per heavy atom. The fourth-order valence-electron chi connectivity index (χ4n) is 2.99. The van der Waals surface area contributed by atoms with E-state index in [1.165, 1.54) is 26.9 Å². The summed E-state index contributed by atoms with van der Waals surface area (Å²) in [5.74, 6) is 0.838. The van der Waals surface area contributed by atoms with Gasteiger partial charge in [-0.25, -0.2) is 0 Å². The number of ether oxygens (including phenoxy) is 1. The van der Waals surface area contributed by atoms with Crippen LogP contribution in [0, 0.1) is 0 Å². The fraction of sp³-hybridized carbons (Fsp3) is 0.111. The average molecular weight is 262 g/mol. The third kappa shape index (κ3) is 1.55. The number of aliphatic hydroxyl groups is 1. The molecule has 0 aromatic heterocycles. The predicted octanol–water partition coefficient (Wildman–Crippen LogP) is 3.96. The summed E-state index contributed by atoms with van der Waals surface area (Å²) >= 11 is 0. The van der Waals surface area contributed by atoms with Crippen molar-refractivity contribution in [2.24, 2.45) is 0 Å². The lowest BCUT2D eigenvalue weighted by molar-refractivity contribution is 0.203. The van der Waals surface area contributed by atoms with Crippen molar-refractivity contribution in [2.75, 3.05) is 13.2 Å². The number of rotatable bonds is 3. The molecular weight excluding hydrogens is 248 g/mol. The maximum atomic E-state index is 8.95. The van der Waals surface area contributed by atoms with E-state index in [-0.39, 0.29) is 6.61 Å². The first-order valence-electron chi connectivity index (χ1n) is 6.79. The van der Waals surface area contributed by atoms with Gasteiger partial charge in [0.15, 0.2) is 0 Å². The summed E-state index contributed by atoms with van der Waals surface area (Å²) in [4.78, 5) is 0. The van der Waals surface area contributed by atoms with Gasteiger partial charge in [-0.05, 0) is 33.7 Å². The minimum absolute atomic E-state index is 0.0297. The van der Waals surface area contributed by atoms with E-state index in [9.17, 15) is 0 Å². The Bertz CT molecular complexity index is 880. The second kappa shape index (κ2) is 4.36. The molecule has 0 fully saturated rings. The standard InChI is InChI=1S/C18H14O2/c19-10-11-20-16-9-7-14-5-4-12-2-1-3-13-6-8-15(16)18(14)17(12)13/h1-9,19H,10-11H2. The van der Waals surface area contributed by atoms with Crippen LogP contribution in [0.5, 0.6) is 5.75 Å². The van der Waals surface area contributed by atoms with Crippen molar-refractivity contribution in [3.63, 3.8) is 0 Å². The Labute approximate surface area is 116 Å². The second-order valence-electron chi connectivity index (χ2n) is 4.99. The molecule has 0 spiro atoms. The molecule has 0 aliphatic rings. The van der Waals surface area contributed by atoms with Crippen LogP contribution in [0.25, 0.3) is 32.3 Å². The van der Waals surface area contributed by atoms with E-state index in [0.717, 1.165) is 11.1 Å². The number of benzene rings is 4. The van der Waals surface area contributed by atoms with Gasteiger partial charge in [0.25, 0.3) is 0 Å². The molecule has 0 bridgehead atoms. The van der Waals surface area contributed by atoms with Gasteiger partial charge >= 0.3 is 0 Å². The monoisotopic (exact) mass is 262 g/mol. The zero-order valence-electron chi connectivity index (χ0n) is 11.0. The molecule has 2 heteroatoms. The van der Waals surface area contributed by atoms with Gasteiger partial charge in [0.05, 0.1) is 6.61 Å². The van der Waals surface area contributed by atoms with E-state index >= 15 is 0 Å². The van der Waals surface area contributed by atoms with Crippen molar-refractivity contribution in [1.29, 1.82) is 0 Å². The average Bonchev–Trinajstić information content (AvgIpc) is 2.51. The van der Waals surface area contributed by atoms with Gasteiger partial charge in [-0.2, -0.15) is 0 Å². The van der Waals surface area contributed by atoms with Crippen LogP contribution in [0.15, 0.2) is 54.6 Å². The molecule has 0 radical (unpaired) electrons. The normalized spacial score (nSPS) is 11.7. The molecular formula is C18H14O2. The van der Waals surface area contributed by atoms with Gasteiger partial charge in [0.2, 0.25) is 0 Å². The molecule has 2 nitrogen and oxygen atoms in total. The van der Waals surface area contributed by atoms with Gasteiger partial charge in [-0.1, -0.05) is 42.5 Å². The van der Waals surface area contributed by atoms with E-state index in [0.29, 0.717) is 6.61 Å². The van der Waals surface area contributed by atoms with Crippen molar-refractivity contribution in [1.82, 2.24) is 0 Å². The maximum Gasteiger partial charge on any atom is 0.127 e. The zero-order valence-corrected chi connectivity index (χ0v) is 11.0. The molecule has 0 saturated carbocycles. The highest BCUT2D eigenvalue weighted by molar-refractivity contribution is 6.24. The molecule has 0 unspecified atom stereocenters. The molecule has 4 aromatic rings. The van der Waals surface area contributed by atoms with Crippen LogP contribution >= 0.6 is 0 Å². The summed E-state index contributed by atoms with van der Waals surface area (Å²) in [5, 5.41) is 16.3. The summed E-state index contributed by atoms with van der Waals surface area (Å²) in [7, 11) is 0. The lowest BCUT2D eigenvalue weighted by Gasteiger charge is -2.14. The van der Waals surface area contributed by atoms with Crippen LogP contribution in [0.1, 0.15) is 0 Å². The number of hydrogen-bond donors (Lipinski definition) is 1. The van der Waals surface area contributed by atoms with Crippen LogP contribution in [0.4, 0.5) is 0 Å². The Morgan fingerprint density at radius 2 is 1.40 bits per heavy atom. The van der Waals surface area contributed by atoms with Crippen molar-refractivity contribution in [3.05, 3.63) is 54.6 Å². The molecule has 0 aliphatic carbocycles. The second-order valence-corrected chi connectivity index (χ2v) is 4.99. The fourth-order valence-corrected chi connectivity index (χ4v) is 2.99. The number of aliphatic hydroxyl groups excluding tert-OH is 1. The molecule has 0 heterocycles. The third-order valence-corrected chi connectivity index (χ3v) is 3.84. The molecule has 0 saturated heterocycles. The summed E-state index contributed by atoms with van der Waals surface area (Å²) in [6.45, 7) is 0.353. The van der Waals surface area contributed by atoms with E-state index in [1.807, 2.05) is 6.07 Å². The first-order valence-corrected chi connectivity index (χ1v) is 6.79. The Balaban J connectivity index is 2.14. The summed E-state index contributed by atoms with van der Waals surface area (Å²) < 4.78 is 5.66. The quantitative estimate of drug-likeness (QED) is 0.566. The van der Waals surface area contributed by atoms with E-state index in [2.05, 4.69) is 48.5 Å². The van der Waals surface area contributed by atoms with Crippen LogP contribution in [0.2, 0.25) is 0 Å². The molecule has 0 atom stereocenters. The van der Waals surface area contributed by atoms with Crippen LogP contribution < -0.4 is 4.74 Å². The summed E-state index contributed by atoms with van der Waals surface area (Å²) in [6.07, 6.45) is 0. The molecule has 0 amide bonds. The number of hydrogen-bond acceptors (Lipinski definition) is 2. The van der Waals surface area contributed by atoms with Crippen LogP contribution in [-0.2, 0) is 0 Å². The minimum atomic E-state index is 0.0297. The van der Waals surface area contributed by atoms with Crippen LogP contribution in [-0.4, -0.2) is 18.3 Å². The minimum Gasteiger partial charge on any atom is -0.491 e. The molecule has 4 aromatic carbocycles. The molecule has 0 aliphatic heterocycles. The molecule has 4 rings (SSSR count). The SMILES string of the molecule is OCCOc1ccc2ccc3cccc4ccc1c2c34. The van der Waals surface area contributed by atoms with Gasteiger partial charge in [0.1, 0.15) is 12.4 Å². The Hall–Kier alpha value is -2.32. The molecule has 20 heavy (non-hydrogen) atoms. The summed E-state index contributed by atoms with van der Waals surface area (Å²) in [5.41, 5.74) is 0. The highest BCUT2D eigenvalue weighted by atomic mass is 16.5. The lowest BCUT2D eigenvalue weighted by Crippen LogP contribution is -2.02. The smallest absolute Gasteiger partial charge is 0.127 e. The highest BCUT2D eigenvalue weighted by Gasteiger charge is 2.10. The van der Waals surface area contributed by atoms with Gasteiger partial charge in [-0.15, -0.1) is 0 Å². The van der Waals surface area contributed by atoms with E-state index in [1.54, 1.807) is 0 Å². The van der Waals surface area contributed by atoms with Crippen molar-refractivity contribution < 1.29 is 9.84 Å². The molecule has 98 valence electrons. The van der Waals surface area contributed by atoms with Crippen molar-refractivity contribution in [2.45, 2.75) is 0 Å². The Kier molecular flexibility index (Phi) is 2.51. The van der Waals surface area contributed by atoms with Gasteiger partial charge in [0, 0.05) is 10.8 Å². The van der Waals surface area contributed by atoms with Crippen LogP contribution in [0.3, 0.4) is 0 Å². The van der Waals surface area contributed by atoms with Gasteiger partial charge < -0.3 is 9.84 Å². The van der Waals surface area contributed by atoms with Crippen molar-refractivity contribution in [3.8, 4) is 5.75 Å². The first-order chi connectivity index (χ1) is 9.88. The van der Waals surface area contributed by atoms with E-state index in [4.69, 9.17) is 9.84 Å². The predicted molar refractivity (Wildman–Crippen MR) is 82.7 cm³/mol. The topological polar surface area (TPSA) is 29.5 Å². The molecule has 1 N–H and O–H groups in total. The summed E-state index contributed by atoms with van der Waals surface area (Å²) in [6, 6.07) is 19.0. The van der Waals surface area contributed by atoms with E-state index < -0.39 is 0 Å². The van der Waals surface area contributed by atoms with Gasteiger partial charge in [-0.3, -0.25) is 0 Å².